The second kappa shape index (κ2) is 5.87. The first-order chi connectivity index (χ1) is 13.2. The Morgan fingerprint density at radius 2 is 1.81 bits per heavy atom. The molecule has 0 bridgehead atoms. The number of halogens is 2. The highest BCUT2D eigenvalue weighted by Crippen LogP contribution is 2.37. The van der Waals surface area contributed by atoms with Crippen molar-refractivity contribution in [2.75, 3.05) is 5.32 Å². The van der Waals surface area contributed by atoms with E-state index in [1.54, 1.807) is 6.20 Å². The van der Waals surface area contributed by atoms with Gasteiger partial charge in [-0.15, -0.1) is 0 Å². The quantitative estimate of drug-likeness (QED) is 0.499. The monoisotopic (exact) mass is 362 g/mol. The topological polar surface area (TPSA) is 81.8 Å². The molecule has 0 amide bonds. The van der Waals surface area contributed by atoms with Gasteiger partial charge in [-0.3, -0.25) is 5.10 Å². The van der Waals surface area contributed by atoms with Gasteiger partial charge in [0, 0.05) is 29.2 Å². The molecule has 3 aromatic heterocycles. The number of aromatic amines is 2. The van der Waals surface area contributed by atoms with Crippen molar-refractivity contribution in [1.29, 1.82) is 0 Å². The number of amidine groups is 1. The third-order valence-electron chi connectivity index (χ3n) is 4.35. The molecule has 0 saturated heterocycles. The van der Waals surface area contributed by atoms with Crippen molar-refractivity contribution in [3.8, 4) is 22.5 Å². The van der Waals surface area contributed by atoms with Gasteiger partial charge in [0.05, 0.1) is 17.5 Å². The predicted octanol–water partition coefficient (Wildman–Crippen LogP) is 4.25. The Kier molecular flexibility index (Phi) is 3.36. The maximum Gasteiger partial charge on any atom is 0.145 e. The van der Waals surface area contributed by atoms with Crippen LogP contribution >= 0.6 is 0 Å². The highest BCUT2D eigenvalue weighted by molar-refractivity contribution is 6.12. The van der Waals surface area contributed by atoms with Gasteiger partial charge in [-0.1, -0.05) is 6.07 Å². The number of nitrogens with zero attached hydrogens (tertiary/aromatic N) is 3. The molecule has 0 aliphatic carbocycles. The van der Waals surface area contributed by atoms with E-state index in [-0.39, 0.29) is 11.4 Å². The fraction of sp³-hybridized carbons (Fsp3) is 0. The maximum absolute atomic E-state index is 14.3. The van der Waals surface area contributed by atoms with Gasteiger partial charge in [-0.25, -0.2) is 18.8 Å². The first-order valence-electron chi connectivity index (χ1n) is 8.18. The van der Waals surface area contributed by atoms with Crippen molar-refractivity contribution in [2.24, 2.45) is 4.99 Å². The van der Waals surface area contributed by atoms with Crippen LogP contribution in [0.3, 0.4) is 0 Å². The zero-order valence-electron chi connectivity index (χ0n) is 13.8. The third-order valence-corrected chi connectivity index (χ3v) is 4.35. The summed E-state index contributed by atoms with van der Waals surface area (Å²) in [5.41, 5.74) is 3.30. The normalized spacial score (nSPS) is 12.6. The molecule has 0 saturated carbocycles. The van der Waals surface area contributed by atoms with E-state index in [0.29, 0.717) is 22.8 Å². The minimum atomic E-state index is -0.710. The van der Waals surface area contributed by atoms with Crippen molar-refractivity contribution in [3.05, 3.63) is 72.2 Å². The molecular weight excluding hydrogens is 350 g/mol. The highest BCUT2D eigenvalue weighted by Gasteiger charge is 2.24. The molecule has 1 aliphatic rings. The summed E-state index contributed by atoms with van der Waals surface area (Å²) in [6, 6.07) is 9.41. The Balaban J connectivity index is 1.70. The van der Waals surface area contributed by atoms with Gasteiger partial charge in [-0.2, -0.15) is 5.10 Å². The van der Waals surface area contributed by atoms with E-state index in [1.807, 2.05) is 24.4 Å². The number of fused-ring (bicyclic) bond motifs is 3. The Morgan fingerprint density at radius 3 is 2.59 bits per heavy atom. The fourth-order valence-electron chi connectivity index (χ4n) is 3.08. The molecule has 3 N–H and O–H groups in total. The van der Waals surface area contributed by atoms with Crippen LogP contribution in [0.15, 0.2) is 60.0 Å². The largest absolute Gasteiger partial charge is 0.361 e. The van der Waals surface area contributed by atoms with E-state index >= 15 is 0 Å². The Bertz CT molecular complexity index is 1160. The molecule has 1 aliphatic heterocycles. The average molecular weight is 362 g/mol. The third kappa shape index (κ3) is 2.50. The number of rotatable bonds is 2. The van der Waals surface area contributed by atoms with Crippen molar-refractivity contribution < 1.29 is 8.78 Å². The summed E-state index contributed by atoms with van der Waals surface area (Å²) in [4.78, 5) is 12.0. The molecular formula is C19H12F2N6. The van der Waals surface area contributed by atoms with Crippen LogP contribution < -0.4 is 5.32 Å². The molecule has 0 fully saturated rings. The number of H-pyrrole nitrogens is 2. The molecule has 1 aromatic carbocycles. The average Bonchev–Trinajstić information content (AvgIpc) is 3.32. The number of anilines is 1. The second-order valence-electron chi connectivity index (χ2n) is 6.02. The zero-order chi connectivity index (χ0) is 18.4. The smallest absolute Gasteiger partial charge is 0.145 e. The Labute approximate surface area is 152 Å². The molecule has 132 valence electrons. The van der Waals surface area contributed by atoms with Crippen molar-refractivity contribution in [1.82, 2.24) is 20.2 Å². The second-order valence-corrected chi connectivity index (χ2v) is 6.02. The lowest BCUT2D eigenvalue weighted by molar-refractivity contribution is 0.579. The number of pyridine rings is 1. The number of hydrogen-bond acceptors (Lipinski definition) is 4. The molecule has 0 atom stereocenters. The number of hydrogen-bond donors (Lipinski definition) is 3. The van der Waals surface area contributed by atoms with E-state index in [4.69, 9.17) is 0 Å². The SMILES string of the molecule is Fc1cccc(F)c1C1=Nc2cn[nH]c2-c2cc(-c3ccc[nH]3)cnc2N1. The van der Waals surface area contributed by atoms with Crippen LogP contribution in [0.1, 0.15) is 5.56 Å². The Morgan fingerprint density at radius 1 is 0.963 bits per heavy atom. The summed E-state index contributed by atoms with van der Waals surface area (Å²) < 4.78 is 28.6. The molecule has 0 radical (unpaired) electrons. The van der Waals surface area contributed by atoms with E-state index < -0.39 is 11.6 Å². The van der Waals surface area contributed by atoms with Gasteiger partial charge in [0.25, 0.3) is 0 Å². The summed E-state index contributed by atoms with van der Waals surface area (Å²) >= 11 is 0. The van der Waals surface area contributed by atoms with E-state index in [2.05, 4.69) is 30.5 Å². The fourth-order valence-corrected chi connectivity index (χ4v) is 3.08. The predicted molar refractivity (Wildman–Crippen MR) is 97.8 cm³/mol. The van der Waals surface area contributed by atoms with Crippen LogP contribution in [0, 0.1) is 11.6 Å². The number of benzene rings is 1. The van der Waals surface area contributed by atoms with Gasteiger partial charge >= 0.3 is 0 Å². The number of aliphatic imine (C=N–C) groups is 1. The zero-order valence-corrected chi connectivity index (χ0v) is 13.8. The molecule has 6 nitrogen and oxygen atoms in total. The van der Waals surface area contributed by atoms with Crippen molar-refractivity contribution >= 4 is 17.3 Å². The minimum Gasteiger partial charge on any atom is -0.361 e. The van der Waals surface area contributed by atoms with Gasteiger partial charge in [0.1, 0.15) is 29.0 Å². The Hall–Kier alpha value is -3.81. The van der Waals surface area contributed by atoms with E-state index in [9.17, 15) is 8.78 Å². The molecule has 27 heavy (non-hydrogen) atoms. The van der Waals surface area contributed by atoms with Crippen LogP contribution in [0.4, 0.5) is 20.3 Å². The molecule has 0 spiro atoms. The van der Waals surface area contributed by atoms with Crippen LogP contribution in [-0.2, 0) is 0 Å². The van der Waals surface area contributed by atoms with Gasteiger partial charge in [0.15, 0.2) is 0 Å². The lowest BCUT2D eigenvalue weighted by Gasteiger charge is -2.12. The van der Waals surface area contributed by atoms with Crippen LogP contribution in [0.2, 0.25) is 0 Å². The van der Waals surface area contributed by atoms with Gasteiger partial charge in [0.2, 0.25) is 0 Å². The summed E-state index contributed by atoms with van der Waals surface area (Å²) in [6.07, 6.45) is 5.00. The number of nitrogens with one attached hydrogen (secondary N) is 3. The minimum absolute atomic E-state index is 0.0344. The van der Waals surface area contributed by atoms with E-state index in [1.165, 1.54) is 24.4 Å². The van der Waals surface area contributed by atoms with Crippen molar-refractivity contribution in [3.63, 3.8) is 0 Å². The van der Waals surface area contributed by atoms with Crippen LogP contribution in [0.25, 0.3) is 22.5 Å². The molecule has 4 heterocycles. The maximum atomic E-state index is 14.3. The lowest BCUT2D eigenvalue weighted by Crippen LogP contribution is -2.17. The lowest BCUT2D eigenvalue weighted by atomic mass is 10.1. The number of aromatic nitrogens is 4. The van der Waals surface area contributed by atoms with E-state index in [0.717, 1.165) is 11.3 Å². The summed E-state index contributed by atoms with van der Waals surface area (Å²) in [6.45, 7) is 0. The summed E-state index contributed by atoms with van der Waals surface area (Å²) in [5.74, 6) is -0.961. The highest BCUT2D eigenvalue weighted by atomic mass is 19.1. The standard InChI is InChI=1S/C19H12F2N6/c20-12-3-1-4-13(21)16(12)19-25-15-9-24-27-17(15)11-7-10(8-23-18(11)26-19)14-5-2-6-22-14/h1-9,22H,(H,24,27)(H,23,25,26). The molecule has 4 aromatic rings. The summed E-state index contributed by atoms with van der Waals surface area (Å²) in [5, 5.41) is 9.88. The first-order valence-corrected chi connectivity index (χ1v) is 8.18. The summed E-state index contributed by atoms with van der Waals surface area (Å²) in [7, 11) is 0. The molecule has 8 heteroatoms. The van der Waals surface area contributed by atoms with Crippen LogP contribution in [-0.4, -0.2) is 26.0 Å². The molecule has 0 unspecified atom stereocenters. The van der Waals surface area contributed by atoms with Crippen molar-refractivity contribution in [2.45, 2.75) is 0 Å². The van der Waals surface area contributed by atoms with Gasteiger partial charge < -0.3 is 10.3 Å². The molecule has 5 rings (SSSR count). The van der Waals surface area contributed by atoms with Gasteiger partial charge in [-0.05, 0) is 30.3 Å². The first kappa shape index (κ1) is 15.4. The van der Waals surface area contributed by atoms with Crippen LogP contribution in [0.5, 0.6) is 0 Å².